The second-order valence-electron chi connectivity index (χ2n) is 9.69. The number of nitrogens with one attached hydrogen (secondary N) is 1. The third kappa shape index (κ3) is 4.16. The molecule has 1 aliphatic rings. The predicted molar refractivity (Wildman–Crippen MR) is 136 cm³/mol. The molecule has 3 atom stereocenters. The number of anilines is 1. The Labute approximate surface area is 195 Å². The number of carbonyl (C=O) groups excluding carboxylic acids is 1. The van der Waals surface area contributed by atoms with Gasteiger partial charge in [0, 0.05) is 11.6 Å². The van der Waals surface area contributed by atoms with Crippen LogP contribution in [-0.4, -0.2) is 10.9 Å². The Morgan fingerprint density at radius 2 is 1.33 bits per heavy atom. The minimum atomic E-state index is -0.119. The Hall–Kier alpha value is -3.46. The van der Waals surface area contributed by atoms with Crippen molar-refractivity contribution in [1.29, 1.82) is 0 Å². The van der Waals surface area contributed by atoms with E-state index in [4.69, 9.17) is 0 Å². The van der Waals surface area contributed by atoms with E-state index in [1.807, 2.05) is 30.3 Å². The Morgan fingerprint density at radius 3 is 1.91 bits per heavy atom. The highest BCUT2D eigenvalue weighted by atomic mass is 16.2. The van der Waals surface area contributed by atoms with Crippen molar-refractivity contribution in [3.05, 3.63) is 106 Å². The van der Waals surface area contributed by atoms with Crippen molar-refractivity contribution in [2.24, 2.45) is 5.92 Å². The summed E-state index contributed by atoms with van der Waals surface area (Å²) in [5, 5.41) is 4.27. The maximum absolute atomic E-state index is 13.8. The van der Waals surface area contributed by atoms with Crippen molar-refractivity contribution in [3.8, 4) is 0 Å². The summed E-state index contributed by atoms with van der Waals surface area (Å²) in [6, 6.07) is 23.3. The molecule has 3 aromatic carbocycles. The minimum Gasteiger partial charge on any atom is -0.324 e. The maximum Gasteiger partial charge on any atom is 0.228 e. The van der Waals surface area contributed by atoms with Gasteiger partial charge in [-0.15, -0.1) is 0 Å². The van der Waals surface area contributed by atoms with Crippen LogP contribution in [0.15, 0.2) is 72.9 Å². The van der Waals surface area contributed by atoms with Gasteiger partial charge in [0.2, 0.25) is 5.91 Å². The Morgan fingerprint density at radius 1 is 0.788 bits per heavy atom. The summed E-state index contributed by atoms with van der Waals surface area (Å²) in [5.41, 5.74) is 9.14. The lowest BCUT2D eigenvalue weighted by molar-refractivity contribution is -0.124. The SMILES string of the molecule is Cc1cc(C)cc([C@H]2C[C@@H](c3cc(C)cc(C)c3)C2C(=O)Nc2cccc3cccnc23)c1. The standard InChI is InChI=1S/C30H30N2O/c1-18-11-19(2)14-23(13-18)25-17-26(24-15-20(3)12-21(4)16-24)28(25)30(33)32-27-9-5-7-22-8-6-10-31-29(22)27/h5-16,25-26,28H,17H2,1-4H3,(H,32,33)/t25-,26+,28?. The van der Waals surface area contributed by atoms with Crippen LogP contribution in [0, 0.1) is 33.6 Å². The van der Waals surface area contributed by atoms with Crippen LogP contribution in [-0.2, 0) is 4.79 Å². The van der Waals surface area contributed by atoms with Gasteiger partial charge in [0.1, 0.15) is 0 Å². The topological polar surface area (TPSA) is 42.0 Å². The first-order valence-electron chi connectivity index (χ1n) is 11.7. The van der Waals surface area contributed by atoms with Crippen molar-refractivity contribution >= 4 is 22.5 Å². The first-order chi connectivity index (χ1) is 15.9. The fraction of sp³-hybridized carbons (Fsp3) is 0.267. The van der Waals surface area contributed by atoms with Crippen molar-refractivity contribution in [3.63, 3.8) is 0 Å². The van der Waals surface area contributed by atoms with Crippen LogP contribution in [0.4, 0.5) is 5.69 Å². The lowest BCUT2D eigenvalue weighted by Crippen LogP contribution is -2.42. The number of hydrogen-bond donors (Lipinski definition) is 1. The van der Waals surface area contributed by atoms with E-state index in [1.165, 1.54) is 33.4 Å². The normalized spacial score (nSPS) is 19.8. The van der Waals surface area contributed by atoms with Crippen LogP contribution < -0.4 is 5.32 Å². The van der Waals surface area contributed by atoms with Crippen LogP contribution >= 0.6 is 0 Å². The summed E-state index contributed by atoms with van der Waals surface area (Å²) < 4.78 is 0. The zero-order chi connectivity index (χ0) is 23.1. The number of rotatable bonds is 4. The number of fused-ring (bicyclic) bond motifs is 1. The monoisotopic (exact) mass is 434 g/mol. The molecule has 4 aromatic rings. The highest BCUT2D eigenvalue weighted by Crippen LogP contribution is 2.53. The second-order valence-corrected chi connectivity index (χ2v) is 9.69. The van der Waals surface area contributed by atoms with E-state index < -0.39 is 0 Å². The van der Waals surface area contributed by atoms with Gasteiger partial charge in [-0.05, 0) is 69.2 Å². The first kappa shape index (κ1) is 21.4. The quantitative estimate of drug-likeness (QED) is 0.376. The molecule has 0 spiro atoms. The van der Waals surface area contributed by atoms with Crippen molar-refractivity contribution in [2.75, 3.05) is 5.32 Å². The summed E-state index contributed by atoms with van der Waals surface area (Å²) >= 11 is 0. The van der Waals surface area contributed by atoms with Gasteiger partial charge in [-0.2, -0.15) is 0 Å². The molecule has 1 aromatic heterocycles. The number of aryl methyl sites for hydroxylation is 4. The Bertz CT molecular complexity index is 1250. The van der Waals surface area contributed by atoms with Gasteiger partial charge in [0.25, 0.3) is 0 Å². The zero-order valence-electron chi connectivity index (χ0n) is 19.7. The third-order valence-electron chi connectivity index (χ3n) is 6.91. The molecule has 33 heavy (non-hydrogen) atoms. The number of hydrogen-bond acceptors (Lipinski definition) is 2. The number of carbonyl (C=O) groups is 1. The van der Waals surface area contributed by atoms with E-state index in [-0.39, 0.29) is 23.7 Å². The Kier molecular flexibility index (Phi) is 5.49. The Balaban J connectivity index is 1.52. The fourth-order valence-electron chi connectivity index (χ4n) is 5.57. The van der Waals surface area contributed by atoms with E-state index in [2.05, 4.69) is 74.4 Å². The minimum absolute atomic E-state index is 0.0766. The summed E-state index contributed by atoms with van der Waals surface area (Å²) in [4.78, 5) is 18.3. The largest absolute Gasteiger partial charge is 0.324 e. The number of nitrogens with zero attached hydrogens (tertiary/aromatic N) is 1. The van der Waals surface area contributed by atoms with Gasteiger partial charge in [-0.1, -0.05) is 76.9 Å². The highest BCUT2D eigenvalue weighted by Gasteiger charge is 2.47. The van der Waals surface area contributed by atoms with Crippen LogP contribution in [0.3, 0.4) is 0 Å². The van der Waals surface area contributed by atoms with Crippen molar-refractivity contribution < 1.29 is 4.79 Å². The number of benzene rings is 3. The molecule has 0 bridgehead atoms. The molecule has 3 heteroatoms. The number of pyridine rings is 1. The maximum atomic E-state index is 13.8. The molecule has 3 nitrogen and oxygen atoms in total. The van der Waals surface area contributed by atoms with Crippen LogP contribution in [0.25, 0.3) is 10.9 Å². The summed E-state index contributed by atoms with van der Waals surface area (Å²) in [7, 11) is 0. The molecule has 1 amide bonds. The van der Waals surface area contributed by atoms with Crippen LogP contribution in [0.1, 0.15) is 51.6 Å². The van der Waals surface area contributed by atoms with E-state index in [9.17, 15) is 4.79 Å². The number of amides is 1. The lowest BCUT2D eigenvalue weighted by atomic mass is 9.59. The molecule has 1 unspecified atom stereocenters. The third-order valence-corrected chi connectivity index (χ3v) is 6.91. The van der Waals surface area contributed by atoms with E-state index in [0.717, 1.165) is 23.0 Å². The average Bonchev–Trinajstić information content (AvgIpc) is 2.72. The molecule has 1 fully saturated rings. The molecule has 1 saturated carbocycles. The van der Waals surface area contributed by atoms with Gasteiger partial charge in [0.15, 0.2) is 0 Å². The van der Waals surface area contributed by atoms with Gasteiger partial charge in [-0.3, -0.25) is 9.78 Å². The fourth-order valence-corrected chi connectivity index (χ4v) is 5.57. The van der Waals surface area contributed by atoms with Gasteiger partial charge < -0.3 is 5.32 Å². The molecule has 1 aliphatic carbocycles. The lowest BCUT2D eigenvalue weighted by Gasteiger charge is -2.45. The highest BCUT2D eigenvalue weighted by molar-refractivity contribution is 6.02. The molecule has 166 valence electrons. The number of para-hydroxylation sites is 1. The first-order valence-corrected chi connectivity index (χ1v) is 11.7. The molecule has 1 heterocycles. The molecular formula is C30H30N2O. The summed E-state index contributed by atoms with van der Waals surface area (Å²) in [5.74, 6) is 0.369. The van der Waals surface area contributed by atoms with E-state index in [0.29, 0.717) is 0 Å². The van der Waals surface area contributed by atoms with E-state index >= 15 is 0 Å². The molecule has 1 N–H and O–H groups in total. The smallest absolute Gasteiger partial charge is 0.228 e. The zero-order valence-corrected chi connectivity index (χ0v) is 19.7. The molecule has 0 aliphatic heterocycles. The van der Waals surface area contributed by atoms with Crippen molar-refractivity contribution in [2.45, 2.75) is 46.0 Å². The van der Waals surface area contributed by atoms with Gasteiger partial charge in [-0.25, -0.2) is 0 Å². The predicted octanol–water partition coefficient (Wildman–Crippen LogP) is 6.99. The van der Waals surface area contributed by atoms with Crippen LogP contribution in [0.5, 0.6) is 0 Å². The van der Waals surface area contributed by atoms with Gasteiger partial charge in [0.05, 0.1) is 17.1 Å². The van der Waals surface area contributed by atoms with Crippen molar-refractivity contribution in [1.82, 2.24) is 4.98 Å². The van der Waals surface area contributed by atoms with E-state index in [1.54, 1.807) is 6.20 Å². The summed E-state index contributed by atoms with van der Waals surface area (Å²) in [6.07, 6.45) is 2.76. The molecule has 0 saturated heterocycles. The second kappa shape index (κ2) is 8.47. The molecular weight excluding hydrogens is 404 g/mol. The number of aromatic nitrogens is 1. The molecule has 0 radical (unpaired) electrons. The summed E-state index contributed by atoms with van der Waals surface area (Å²) in [6.45, 7) is 8.53. The van der Waals surface area contributed by atoms with Crippen LogP contribution in [0.2, 0.25) is 0 Å². The van der Waals surface area contributed by atoms with Gasteiger partial charge >= 0.3 is 0 Å². The average molecular weight is 435 g/mol. The molecule has 5 rings (SSSR count).